The number of carbonyl (C=O) groups is 1. The Hall–Kier alpha value is -3.42. The van der Waals surface area contributed by atoms with Crippen LogP contribution in [0.15, 0.2) is 42.6 Å². The maximum absolute atomic E-state index is 14.4. The van der Waals surface area contributed by atoms with Gasteiger partial charge in [-0.05, 0) is 43.2 Å². The molecule has 2 aromatic carbocycles. The van der Waals surface area contributed by atoms with Crippen LogP contribution in [0.2, 0.25) is 0 Å². The fourth-order valence-corrected chi connectivity index (χ4v) is 2.79. The van der Waals surface area contributed by atoms with Crippen molar-refractivity contribution in [3.63, 3.8) is 0 Å². The molecule has 0 saturated carbocycles. The molecule has 0 aliphatic rings. The van der Waals surface area contributed by atoms with Crippen molar-refractivity contribution in [2.24, 2.45) is 0 Å². The summed E-state index contributed by atoms with van der Waals surface area (Å²) in [5, 5.41) is 5.59. The number of fused-ring (bicyclic) bond motifs is 1. The van der Waals surface area contributed by atoms with Gasteiger partial charge in [-0.2, -0.15) is 0 Å². The number of halogens is 2. The molecular weight excluding hydrogens is 380 g/mol. The predicted octanol–water partition coefficient (Wildman–Crippen LogP) is 4.96. The number of methoxy groups -OCH3 is 1. The van der Waals surface area contributed by atoms with Gasteiger partial charge in [-0.3, -0.25) is 9.37 Å². The zero-order valence-corrected chi connectivity index (χ0v) is 16.1. The first-order valence-corrected chi connectivity index (χ1v) is 9.03. The van der Waals surface area contributed by atoms with E-state index in [0.29, 0.717) is 17.0 Å². The summed E-state index contributed by atoms with van der Waals surface area (Å²) < 4.78 is 37.6. The Labute approximate surface area is 166 Å². The zero-order valence-electron chi connectivity index (χ0n) is 16.1. The van der Waals surface area contributed by atoms with Crippen molar-refractivity contribution < 1.29 is 23.0 Å². The molecule has 0 fully saturated rings. The zero-order chi connectivity index (χ0) is 20.8. The number of aromatic nitrogens is 1. The number of hydrogen-bond donors (Lipinski definition) is 2. The van der Waals surface area contributed by atoms with Crippen LogP contribution in [-0.4, -0.2) is 31.3 Å². The van der Waals surface area contributed by atoms with Gasteiger partial charge in [0, 0.05) is 30.3 Å². The Balaban J connectivity index is 1.78. The number of alkyl halides is 1. The van der Waals surface area contributed by atoms with Gasteiger partial charge < -0.3 is 20.1 Å². The van der Waals surface area contributed by atoms with Crippen molar-refractivity contribution >= 4 is 22.6 Å². The fraction of sp³-hybridized carbons (Fsp3) is 0.238. The number of benzene rings is 2. The number of hydrogen-bond acceptors (Lipinski definition) is 4. The van der Waals surface area contributed by atoms with Crippen molar-refractivity contribution in [2.45, 2.75) is 13.3 Å². The molecule has 0 aliphatic carbocycles. The topological polar surface area (TPSA) is 72.5 Å². The second kappa shape index (κ2) is 9.18. The van der Waals surface area contributed by atoms with Crippen LogP contribution in [0.4, 0.5) is 19.3 Å². The molecule has 2 amide bonds. The van der Waals surface area contributed by atoms with E-state index in [4.69, 9.17) is 9.47 Å². The van der Waals surface area contributed by atoms with Crippen LogP contribution in [0, 0.1) is 12.7 Å². The third kappa shape index (κ3) is 4.90. The number of anilines is 1. The highest BCUT2D eigenvalue weighted by Gasteiger charge is 2.11. The number of urea groups is 1. The summed E-state index contributed by atoms with van der Waals surface area (Å²) in [6, 6.07) is 8.92. The summed E-state index contributed by atoms with van der Waals surface area (Å²) in [4.78, 5) is 16.0. The smallest absolute Gasteiger partial charge is 0.319 e. The molecule has 0 unspecified atom stereocenters. The quantitative estimate of drug-likeness (QED) is 0.549. The molecule has 3 rings (SSSR count). The van der Waals surface area contributed by atoms with Gasteiger partial charge in [0.05, 0.1) is 25.0 Å². The van der Waals surface area contributed by atoms with Crippen molar-refractivity contribution in [1.82, 2.24) is 10.3 Å². The highest BCUT2D eigenvalue weighted by Crippen LogP contribution is 2.33. The molecule has 152 valence electrons. The molecule has 8 heteroatoms. The first-order valence-electron chi connectivity index (χ1n) is 9.03. The van der Waals surface area contributed by atoms with Crippen LogP contribution in [0.5, 0.6) is 17.2 Å². The first kappa shape index (κ1) is 20.3. The second-order valence-corrected chi connectivity index (χ2v) is 6.32. The minimum atomic E-state index is -0.653. The van der Waals surface area contributed by atoms with Crippen molar-refractivity contribution in [3.8, 4) is 17.2 Å². The average Bonchev–Trinajstić information content (AvgIpc) is 2.70. The summed E-state index contributed by atoms with van der Waals surface area (Å²) in [6.07, 6.45) is 1.80. The summed E-state index contributed by atoms with van der Waals surface area (Å²) in [5.74, 6) is 0.851. The molecule has 1 aromatic heterocycles. The Kier molecular flexibility index (Phi) is 6.43. The molecule has 0 spiro atoms. The number of aryl methyl sites for hydroxylation is 1. The number of carbonyl (C=O) groups excluding carboxylic acids is 1. The first-order chi connectivity index (χ1) is 14.0. The Morgan fingerprint density at radius 3 is 2.72 bits per heavy atom. The van der Waals surface area contributed by atoms with E-state index in [1.807, 2.05) is 19.1 Å². The van der Waals surface area contributed by atoms with Gasteiger partial charge in [-0.1, -0.05) is 0 Å². The van der Waals surface area contributed by atoms with Crippen molar-refractivity contribution in [1.29, 1.82) is 0 Å². The molecule has 0 saturated heterocycles. The number of nitrogens with zero attached hydrogens (tertiary/aromatic N) is 1. The average molecular weight is 401 g/mol. The van der Waals surface area contributed by atoms with Gasteiger partial charge in [0.1, 0.15) is 23.1 Å². The monoisotopic (exact) mass is 401 g/mol. The standard InChI is InChI=1S/C21H21F2N3O3/c1-13-10-15-18(12-20(13)28-2)24-9-6-19(15)29-14-4-5-17(16(23)11-14)26-21(27)25-8-3-7-22/h4-6,9-12H,3,7-8H2,1-2H3,(H2,25,26,27). The number of amides is 2. The molecule has 0 aliphatic heterocycles. The van der Waals surface area contributed by atoms with Crippen LogP contribution in [0.1, 0.15) is 12.0 Å². The molecular formula is C21H21F2N3O3. The van der Waals surface area contributed by atoms with E-state index in [2.05, 4.69) is 15.6 Å². The van der Waals surface area contributed by atoms with E-state index >= 15 is 0 Å². The molecule has 1 heterocycles. The van der Waals surface area contributed by atoms with Gasteiger partial charge in [0.2, 0.25) is 0 Å². The second-order valence-electron chi connectivity index (χ2n) is 6.32. The summed E-state index contributed by atoms with van der Waals surface area (Å²) in [7, 11) is 1.59. The molecule has 0 bridgehead atoms. The highest BCUT2D eigenvalue weighted by atomic mass is 19.1. The Morgan fingerprint density at radius 1 is 1.17 bits per heavy atom. The molecule has 6 nitrogen and oxygen atoms in total. The molecule has 29 heavy (non-hydrogen) atoms. The lowest BCUT2D eigenvalue weighted by Crippen LogP contribution is -2.30. The third-order valence-corrected chi connectivity index (χ3v) is 4.23. The van der Waals surface area contributed by atoms with Crippen LogP contribution < -0.4 is 20.1 Å². The van der Waals surface area contributed by atoms with E-state index in [1.54, 1.807) is 25.4 Å². The van der Waals surface area contributed by atoms with Gasteiger partial charge >= 0.3 is 6.03 Å². The van der Waals surface area contributed by atoms with Gasteiger partial charge in [-0.25, -0.2) is 9.18 Å². The Bertz CT molecular complexity index is 1030. The van der Waals surface area contributed by atoms with E-state index in [-0.39, 0.29) is 24.4 Å². The number of rotatable bonds is 7. The predicted molar refractivity (Wildman–Crippen MR) is 107 cm³/mol. The van der Waals surface area contributed by atoms with Gasteiger partial charge in [-0.15, -0.1) is 0 Å². The van der Waals surface area contributed by atoms with E-state index in [1.165, 1.54) is 12.1 Å². The maximum Gasteiger partial charge on any atom is 0.319 e. The maximum atomic E-state index is 14.4. The lowest BCUT2D eigenvalue weighted by Gasteiger charge is -2.12. The summed E-state index contributed by atoms with van der Waals surface area (Å²) >= 11 is 0. The van der Waals surface area contributed by atoms with Crippen molar-refractivity contribution in [3.05, 3.63) is 54.0 Å². The number of ether oxygens (including phenoxy) is 2. The van der Waals surface area contributed by atoms with E-state index < -0.39 is 18.5 Å². The fourth-order valence-electron chi connectivity index (χ4n) is 2.79. The summed E-state index contributed by atoms with van der Waals surface area (Å²) in [5.41, 5.74) is 1.60. The molecule has 3 aromatic rings. The third-order valence-electron chi connectivity index (χ3n) is 4.23. The Morgan fingerprint density at radius 2 is 2.00 bits per heavy atom. The number of nitrogens with one attached hydrogen (secondary N) is 2. The van der Waals surface area contributed by atoms with Crippen molar-refractivity contribution in [2.75, 3.05) is 25.6 Å². The van der Waals surface area contributed by atoms with Gasteiger partial charge in [0.25, 0.3) is 0 Å². The van der Waals surface area contributed by atoms with Crippen LogP contribution in [0.3, 0.4) is 0 Å². The van der Waals surface area contributed by atoms with Gasteiger partial charge in [0.15, 0.2) is 0 Å². The van der Waals surface area contributed by atoms with Crippen LogP contribution >= 0.6 is 0 Å². The van der Waals surface area contributed by atoms with E-state index in [0.717, 1.165) is 10.9 Å². The van der Waals surface area contributed by atoms with E-state index in [9.17, 15) is 13.6 Å². The lowest BCUT2D eigenvalue weighted by molar-refractivity contribution is 0.251. The van der Waals surface area contributed by atoms with Crippen LogP contribution in [0.25, 0.3) is 10.9 Å². The highest BCUT2D eigenvalue weighted by molar-refractivity contribution is 5.89. The minimum absolute atomic E-state index is 0.00438. The SMILES string of the molecule is COc1cc2nccc(Oc3ccc(NC(=O)NCCCF)c(F)c3)c2cc1C. The molecule has 2 N–H and O–H groups in total. The lowest BCUT2D eigenvalue weighted by atomic mass is 10.1. The van der Waals surface area contributed by atoms with Crippen LogP contribution in [-0.2, 0) is 0 Å². The number of pyridine rings is 1. The summed E-state index contributed by atoms with van der Waals surface area (Å²) in [6.45, 7) is 1.55. The normalized spacial score (nSPS) is 10.6. The molecule has 0 radical (unpaired) electrons. The largest absolute Gasteiger partial charge is 0.496 e. The molecule has 0 atom stereocenters. The minimum Gasteiger partial charge on any atom is -0.496 e.